The molecule has 4 rings (SSSR count). The van der Waals surface area contributed by atoms with E-state index in [0.717, 1.165) is 0 Å². The Morgan fingerprint density at radius 3 is 2.42 bits per heavy atom. The summed E-state index contributed by atoms with van der Waals surface area (Å²) in [5, 5.41) is 14.3. The van der Waals surface area contributed by atoms with E-state index in [1.165, 1.54) is 42.0 Å². The minimum absolute atomic E-state index is 0.0287. The number of carbonyl (C=O) groups excluding carboxylic acids is 6. The first-order chi connectivity index (χ1) is 22.9. The number of pyridine rings is 1. The highest BCUT2D eigenvalue weighted by molar-refractivity contribution is 7.98. The number of halogens is 1. The van der Waals surface area contributed by atoms with Crippen molar-refractivity contribution in [3.8, 4) is 0 Å². The lowest BCUT2D eigenvalue weighted by atomic mass is 10.0. The number of aromatic nitrogens is 1. The van der Waals surface area contributed by atoms with Crippen LogP contribution < -0.4 is 26.6 Å². The Balaban J connectivity index is 1.67. The molecule has 2 saturated heterocycles. The molecule has 2 aromatic rings. The molecule has 2 aliphatic rings. The maximum atomic E-state index is 14.1. The summed E-state index contributed by atoms with van der Waals surface area (Å²) in [7, 11) is 0. The molecule has 6 amide bonds. The fourth-order valence-corrected chi connectivity index (χ4v) is 6.38. The average Bonchev–Trinajstić information content (AvgIpc) is 3.48. The molecule has 0 aliphatic carbocycles. The van der Waals surface area contributed by atoms with Gasteiger partial charge in [-0.25, -0.2) is 0 Å². The Bertz CT molecular complexity index is 1510. The van der Waals surface area contributed by atoms with Gasteiger partial charge in [0, 0.05) is 25.0 Å². The van der Waals surface area contributed by atoms with Crippen LogP contribution >= 0.6 is 23.4 Å². The molecule has 2 aliphatic heterocycles. The lowest BCUT2D eigenvalue weighted by molar-refractivity contribution is -0.143. The Morgan fingerprint density at radius 2 is 1.75 bits per heavy atom. The topological polar surface area (TPSA) is 179 Å². The average molecular weight is 700 g/mol. The Hall–Kier alpha value is -4.17. The first-order valence-corrected chi connectivity index (χ1v) is 17.6. The zero-order chi connectivity index (χ0) is 35.0. The van der Waals surface area contributed by atoms with E-state index < -0.39 is 71.7 Å². The van der Waals surface area contributed by atoms with Crippen LogP contribution in [-0.4, -0.2) is 94.1 Å². The third kappa shape index (κ3) is 9.47. The van der Waals surface area contributed by atoms with Crippen LogP contribution in [-0.2, 0) is 24.0 Å². The molecule has 48 heavy (non-hydrogen) atoms. The van der Waals surface area contributed by atoms with E-state index in [1.807, 2.05) is 12.3 Å². The fraction of sp³-hybridized carbons (Fsp3) is 0.485. The molecular weight excluding hydrogens is 658 g/mol. The molecule has 3 heterocycles. The number of hydrogen-bond acceptors (Lipinski definition) is 8. The van der Waals surface area contributed by atoms with E-state index in [9.17, 15) is 28.8 Å². The van der Waals surface area contributed by atoms with Crippen molar-refractivity contribution in [3.63, 3.8) is 0 Å². The summed E-state index contributed by atoms with van der Waals surface area (Å²) < 4.78 is 0. The summed E-state index contributed by atoms with van der Waals surface area (Å²) in [4.78, 5) is 86.7. The quantitative estimate of drug-likeness (QED) is 0.289. The van der Waals surface area contributed by atoms with Gasteiger partial charge < -0.3 is 31.5 Å². The van der Waals surface area contributed by atoms with Crippen molar-refractivity contribution in [1.82, 2.24) is 36.5 Å². The predicted octanol–water partition coefficient (Wildman–Crippen LogP) is 1.58. The second-order valence-electron chi connectivity index (χ2n) is 12.3. The van der Waals surface area contributed by atoms with Crippen LogP contribution in [0, 0.1) is 5.92 Å². The number of fused-ring (bicyclic) bond motifs is 1. The SMILES string of the molecule is CSCC[C@@H]1NC(=O)C[C@@H](c2ccccc2)NC(=O)[C@H](C)NC(=O)[C@@H]2C[C@H](NC(=O)c3cncc(Cl)c3)CN2C(=O)[C@H](C(C)C)NC1=O. The molecule has 258 valence electrons. The Kier molecular flexibility index (Phi) is 12.8. The minimum Gasteiger partial charge on any atom is -0.347 e. The number of carbonyl (C=O) groups is 6. The number of hydrogen-bond donors (Lipinski definition) is 5. The van der Waals surface area contributed by atoms with E-state index in [4.69, 9.17) is 11.6 Å². The molecule has 0 spiro atoms. The zero-order valence-corrected chi connectivity index (χ0v) is 28.9. The normalized spacial score (nSPS) is 25.9. The van der Waals surface area contributed by atoms with Gasteiger partial charge in [-0.1, -0.05) is 55.8 Å². The first-order valence-electron chi connectivity index (χ1n) is 15.8. The van der Waals surface area contributed by atoms with Gasteiger partial charge in [0.2, 0.25) is 29.5 Å². The number of benzene rings is 1. The van der Waals surface area contributed by atoms with Crippen LogP contribution in [0.2, 0.25) is 5.02 Å². The highest BCUT2D eigenvalue weighted by atomic mass is 35.5. The highest BCUT2D eigenvalue weighted by Crippen LogP contribution is 2.23. The minimum atomic E-state index is -1.06. The molecule has 0 radical (unpaired) electrons. The first kappa shape index (κ1) is 36.7. The Morgan fingerprint density at radius 1 is 1.02 bits per heavy atom. The van der Waals surface area contributed by atoms with Gasteiger partial charge in [-0.05, 0) is 49.3 Å². The van der Waals surface area contributed by atoms with Crippen molar-refractivity contribution in [3.05, 3.63) is 64.9 Å². The van der Waals surface area contributed by atoms with Gasteiger partial charge in [-0.3, -0.25) is 33.8 Å². The van der Waals surface area contributed by atoms with Crippen LogP contribution in [0.5, 0.6) is 0 Å². The van der Waals surface area contributed by atoms with Gasteiger partial charge in [-0.2, -0.15) is 11.8 Å². The molecule has 2 fully saturated rings. The van der Waals surface area contributed by atoms with Gasteiger partial charge >= 0.3 is 0 Å². The number of nitrogens with zero attached hydrogens (tertiary/aromatic N) is 2. The molecular formula is C33H42ClN7O6S. The fourth-order valence-electron chi connectivity index (χ4n) is 5.74. The Labute approximate surface area is 289 Å². The van der Waals surface area contributed by atoms with Crippen molar-refractivity contribution < 1.29 is 28.8 Å². The van der Waals surface area contributed by atoms with Crippen molar-refractivity contribution >= 4 is 58.8 Å². The number of nitrogens with one attached hydrogen (secondary N) is 5. The predicted molar refractivity (Wildman–Crippen MR) is 182 cm³/mol. The molecule has 1 aromatic carbocycles. The third-order valence-corrected chi connectivity index (χ3v) is 9.19. The van der Waals surface area contributed by atoms with Crippen LogP contribution in [0.4, 0.5) is 0 Å². The molecule has 1 aromatic heterocycles. The van der Waals surface area contributed by atoms with Gasteiger partial charge in [0.25, 0.3) is 5.91 Å². The maximum absolute atomic E-state index is 14.1. The van der Waals surface area contributed by atoms with Gasteiger partial charge in [0.15, 0.2) is 0 Å². The van der Waals surface area contributed by atoms with Crippen LogP contribution in [0.15, 0.2) is 48.8 Å². The molecule has 15 heteroatoms. The van der Waals surface area contributed by atoms with Crippen LogP contribution in [0.3, 0.4) is 0 Å². The van der Waals surface area contributed by atoms with Gasteiger partial charge in [0.1, 0.15) is 24.2 Å². The van der Waals surface area contributed by atoms with E-state index in [2.05, 4.69) is 31.6 Å². The summed E-state index contributed by atoms with van der Waals surface area (Å²) in [5.41, 5.74) is 0.884. The van der Waals surface area contributed by atoms with E-state index >= 15 is 0 Å². The molecule has 0 bridgehead atoms. The second-order valence-corrected chi connectivity index (χ2v) is 13.8. The number of thioether (sulfide) groups is 1. The van der Waals surface area contributed by atoms with Crippen molar-refractivity contribution in [2.45, 2.75) is 76.3 Å². The zero-order valence-electron chi connectivity index (χ0n) is 27.3. The standard InChI is InChI=1S/C33H42ClN7O6S/c1-18(2)28-33(47)41-17-23(37-30(44)21-12-22(34)16-35-15-21)13-26(41)32(46)36-19(3)29(43)39-25(20-8-6-5-7-9-20)14-27(42)38-24(10-11-48-4)31(45)40-28/h5-9,12,15-16,18-19,23-26,28H,10-11,13-14,17H2,1-4H3,(H,36,46)(H,37,44)(H,38,42)(H,39,43)(H,40,45)/t19-,23-,24-,25-,26-,28-/m0/s1. The van der Waals surface area contributed by atoms with E-state index in [0.29, 0.717) is 17.7 Å². The number of amides is 6. The van der Waals surface area contributed by atoms with Crippen molar-refractivity contribution in [2.75, 3.05) is 18.6 Å². The lowest BCUT2D eigenvalue weighted by Gasteiger charge is -2.32. The summed E-state index contributed by atoms with van der Waals surface area (Å²) in [6.45, 7) is 5.02. The summed E-state index contributed by atoms with van der Waals surface area (Å²) in [6.07, 6.45) is 4.84. The van der Waals surface area contributed by atoms with Crippen LogP contribution in [0.25, 0.3) is 0 Å². The lowest BCUT2D eigenvalue weighted by Crippen LogP contribution is -2.59. The van der Waals surface area contributed by atoms with Crippen LogP contribution in [0.1, 0.15) is 62.0 Å². The summed E-state index contributed by atoms with van der Waals surface area (Å²) >= 11 is 7.52. The second kappa shape index (κ2) is 16.8. The molecule has 0 saturated carbocycles. The molecule has 5 N–H and O–H groups in total. The third-order valence-electron chi connectivity index (χ3n) is 8.34. The number of rotatable bonds is 7. The monoisotopic (exact) mass is 699 g/mol. The van der Waals surface area contributed by atoms with Crippen molar-refractivity contribution in [1.29, 1.82) is 0 Å². The van der Waals surface area contributed by atoms with Gasteiger partial charge in [0.05, 0.1) is 23.0 Å². The van der Waals surface area contributed by atoms with E-state index in [-0.39, 0.29) is 35.9 Å². The largest absolute Gasteiger partial charge is 0.347 e. The molecule has 0 unspecified atom stereocenters. The van der Waals surface area contributed by atoms with Gasteiger partial charge in [-0.15, -0.1) is 0 Å². The summed E-state index contributed by atoms with van der Waals surface area (Å²) in [5.74, 6) is -2.97. The molecule has 6 atom stereocenters. The maximum Gasteiger partial charge on any atom is 0.253 e. The molecule has 13 nitrogen and oxygen atoms in total. The summed E-state index contributed by atoms with van der Waals surface area (Å²) in [6, 6.07) is 4.94. The van der Waals surface area contributed by atoms with E-state index in [1.54, 1.807) is 38.1 Å². The smallest absolute Gasteiger partial charge is 0.253 e. The highest BCUT2D eigenvalue weighted by Gasteiger charge is 2.44. The van der Waals surface area contributed by atoms with Crippen molar-refractivity contribution in [2.24, 2.45) is 5.92 Å².